The quantitative estimate of drug-likeness (QED) is 0.791. The van der Waals surface area contributed by atoms with E-state index in [1.807, 2.05) is 0 Å². The van der Waals surface area contributed by atoms with Gasteiger partial charge >= 0.3 is 0 Å². The Hall–Kier alpha value is -1.23. The van der Waals surface area contributed by atoms with E-state index in [4.69, 9.17) is 4.42 Å². The summed E-state index contributed by atoms with van der Waals surface area (Å²) < 4.78 is 18.2. The van der Waals surface area contributed by atoms with Crippen molar-refractivity contribution in [2.24, 2.45) is 0 Å². The smallest absolute Gasteiger partial charge is 0.248 e. The van der Waals surface area contributed by atoms with Gasteiger partial charge in [-0.05, 0) is 28.1 Å². The molecule has 0 atom stereocenters. The molecule has 1 aromatic rings. The van der Waals surface area contributed by atoms with Crippen LogP contribution < -0.4 is 0 Å². The molecule has 3 nitrogen and oxygen atoms in total. The molecule has 0 aromatic carbocycles. The van der Waals surface area contributed by atoms with Crippen molar-refractivity contribution in [3.8, 4) is 0 Å². The fraction of sp³-hybridized carbons (Fsp3) is 0.200. The predicted molar refractivity (Wildman–Crippen MR) is 60.2 cm³/mol. The van der Waals surface area contributed by atoms with Crippen LogP contribution in [0.1, 0.15) is 11.8 Å². The summed E-state index contributed by atoms with van der Waals surface area (Å²) in [6, 6.07) is 0. The number of hydrogen-bond acceptors (Lipinski definition) is 3. The van der Waals surface area contributed by atoms with Gasteiger partial charge in [0.15, 0.2) is 0 Å². The number of nitrogens with zero attached hydrogens (tertiary/aromatic N) is 2. The number of allylic oxidation sites excluding steroid dienone is 5. The van der Waals surface area contributed by atoms with Gasteiger partial charge in [0, 0.05) is 11.4 Å². The van der Waals surface area contributed by atoms with Crippen LogP contribution in [-0.2, 0) is 0 Å². The maximum absolute atomic E-state index is 12.3. The average Bonchev–Trinajstić information content (AvgIpc) is 2.61. The minimum atomic E-state index is -0.600. The number of aromatic nitrogens is 2. The van der Waals surface area contributed by atoms with Gasteiger partial charge < -0.3 is 4.42 Å². The first-order valence-corrected chi connectivity index (χ1v) is 5.03. The highest BCUT2D eigenvalue weighted by Crippen LogP contribution is 2.26. The highest BCUT2D eigenvalue weighted by atomic mass is 79.9. The molecule has 1 rings (SSSR count). The van der Waals surface area contributed by atoms with Gasteiger partial charge in [0.2, 0.25) is 11.8 Å². The topological polar surface area (TPSA) is 38.9 Å². The predicted octanol–water partition coefficient (Wildman–Crippen LogP) is 3.20. The van der Waals surface area contributed by atoms with Gasteiger partial charge in [0.25, 0.3) is 0 Å². The number of alkyl halides is 1. The highest BCUT2D eigenvalue weighted by Gasteiger charge is 2.11. The number of rotatable bonds is 4. The monoisotopic (exact) mass is 272 g/mol. The van der Waals surface area contributed by atoms with Crippen molar-refractivity contribution < 1.29 is 8.81 Å². The van der Waals surface area contributed by atoms with Crippen molar-refractivity contribution >= 4 is 21.5 Å². The molecule has 0 saturated carbocycles. The van der Waals surface area contributed by atoms with E-state index in [0.29, 0.717) is 15.9 Å². The zero-order valence-electron chi connectivity index (χ0n) is 8.20. The Morgan fingerprint density at radius 3 is 2.80 bits per heavy atom. The van der Waals surface area contributed by atoms with Crippen LogP contribution in [0.2, 0.25) is 0 Å². The van der Waals surface area contributed by atoms with Crippen molar-refractivity contribution in [1.82, 2.24) is 10.2 Å². The summed E-state index contributed by atoms with van der Waals surface area (Å²) in [4.78, 5) is 0. The summed E-state index contributed by atoms with van der Waals surface area (Å²) in [5.41, 5.74) is 0.526. The van der Waals surface area contributed by atoms with Crippen LogP contribution in [0.4, 0.5) is 4.39 Å². The lowest BCUT2D eigenvalue weighted by molar-refractivity contribution is 0.505. The molecule has 0 aliphatic carbocycles. The van der Waals surface area contributed by atoms with Crippen molar-refractivity contribution in [1.29, 1.82) is 0 Å². The van der Waals surface area contributed by atoms with Crippen LogP contribution >= 0.6 is 15.9 Å². The summed E-state index contributed by atoms with van der Waals surface area (Å²) >= 11 is 3.28. The first-order valence-electron chi connectivity index (χ1n) is 4.24. The molecule has 0 bridgehead atoms. The van der Waals surface area contributed by atoms with Gasteiger partial charge in [-0.15, -0.1) is 10.2 Å². The molecule has 1 aromatic heterocycles. The van der Waals surface area contributed by atoms with Gasteiger partial charge in [-0.2, -0.15) is 0 Å². The normalized spacial score (nSPS) is 13.0. The second-order valence-electron chi connectivity index (χ2n) is 2.65. The fourth-order valence-corrected chi connectivity index (χ4v) is 1.48. The molecule has 1 heterocycles. The third-order valence-corrected chi connectivity index (χ3v) is 2.25. The molecule has 0 amide bonds. The summed E-state index contributed by atoms with van der Waals surface area (Å²) in [6.07, 6.45) is 4.62. The first kappa shape index (κ1) is 11.8. The average molecular weight is 273 g/mol. The van der Waals surface area contributed by atoms with Gasteiger partial charge in [-0.1, -0.05) is 12.7 Å². The van der Waals surface area contributed by atoms with Crippen LogP contribution in [-0.4, -0.2) is 16.9 Å². The molecule has 5 heteroatoms. The maximum atomic E-state index is 12.3. The standard InChI is InChI=1S/C10H10BrFN2O/c1-3-4-9(11)8(5-6-12)10-14-13-7(2)15-10/h3-5H,1,6H2,2H3/b8-5+,9-4+. The molecule has 0 radical (unpaired) electrons. The van der Waals surface area contributed by atoms with Crippen molar-refractivity contribution in [2.75, 3.05) is 6.67 Å². The molecule has 0 N–H and O–H groups in total. The SMILES string of the molecule is C=C/C=C(Br)\C(=C/CF)c1nnc(C)o1. The number of aryl methyl sites for hydroxylation is 1. The minimum absolute atomic E-state index is 0.287. The fourth-order valence-electron chi connectivity index (χ4n) is 0.963. The van der Waals surface area contributed by atoms with Gasteiger partial charge in [0.1, 0.15) is 6.67 Å². The third-order valence-electron chi connectivity index (χ3n) is 1.56. The van der Waals surface area contributed by atoms with E-state index in [9.17, 15) is 4.39 Å². The molecule has 0 spiro atoms. The van der Waals surface area contributed by atoms with Crippen molar-refractivity contribution in [2.45, 2.75) is 6.92 Å². The molecular formula is C10H10BrFN2O. The van der Waals surface area contributed by atoms with Crippen LogP contribution in [0.15, 0.2) is 33.7 Å². The molecule has 0 aliphatic rings. The Morgan fingerprint density at radius 2 is 2.33 bits per heavy atom. The largest absolute Gasteiger partial charge is 0.421 e. The zero-order chi connectivity index (χ0) is 11.3. The van der Waals surface area contributed by atoms with Crippen molar-refractivity contribution in [3.63, 3.8) is 0 Å². The van der Waals surface area contributed by atoms with E-state index in [2.05, 4.69) is 32.7 Å². The number of hydrogen-bond donors (Lipinski definition) is 0. The molecular weight excluding hydrogens is 263 g/mol. The van der Waals surface area contributed by atoms with E-state index in [0.717, 1.165) is 0 Å². The Balaban J connectivity index is 3.09. The highest BCUT2D eigenvalue weighted by molar-refractivity contribution is 9.12. The van der Waals surface area contributed by atoms with Crippen molar-refractivity contribution in [3.05, 3.63) is 41.1 Å². The molecule has 15 heavy (non-hydrogen) atoms. The van der Waals surface area contributed by atoms with Crippen LogP contribution in [0.3, 0.4) is 0 Å². The van der Waals surface area contributed by atoms with E-state index in [-0.39, 0.29) is 5.89 Å². The maximum Gasteiger partial charge on any atom is 0.248 e. The Kier molecular flexibility index (Phi) is 4.42. The van der Waals surface area contributed by atoms with Gasteiger partial charge in [-0.25, -0.2) is 4.39 Å². The molecule has 0 saturated heterocycles. The number of halogens is 2. The van der Waals surface area contributed by atoms with Crippen LogP contribution in [0.5, 0.6) is 0 Å². The van der Waals surface area contributed by atoms with E-state index in [1.165, 1.54) is 6.08 Å². The summed E-state index contributed by atoms with van der Waals surface area (Å²) in [6.45, 7) is 4.62. The summed E-state index contributed by atoms with van der Waals surface area (Å²) in [5.74, 6) is 0.726. The second-order valence-corrected chi connectivity index (χ2v) is 3.50. The molecule has 0 aliphatic heterocycles. The van der Waals surface area contributed by atoms with Gasteiger partial charge in [-0.3, -0.25) is 0 Å². The minimum Gasteiger partial charge on any atom is -0.421 e. The third kappa shape index (κ3) is 3.13. The second kappa shape index (κ2) is 5.60. The van der Waals surface area contributed by atoms with Gasteiger partial charge in [0.05, 0.1) is 5.57 Å². The lowest BCUT2D eigenvalue weighted by Gasteiger charge is -1.99. The Bertz CT molecular complexity index is 409. The lowest BCUT2D eigenvalue weighted by Crippen LogP contribution is -1.86. The van der Waals surface area contributed by atoms with E-state index < -0.39 is 6.67 Å². The molecule has 0 fully saturated rings. The molecule has 0 unspecified atom stereocenters. The van der Waals surface area contributed by atoms with E-state index >= 15 is 0 Å². The van der Waals surface area contributed by atoms with Crippen LogP contribution in [0, 0.1) is 6.92 Å². The Labute approximate surface area is 95.5 Å². The molecule has 80 valence electrons. The summed E-state index contributed by atoms with van der Waals surface area (Å²) in [5, 5.41) is 7.49. The van der Waals surface area contributed by atoms with E-state index in [1.54, 1.807) is 19.1 Å². The summed E-state index contributed by atoms with van der Waals surface area (Å²) in [7, 11) is 0. The zero-order valence-corrected chi connectivity index (χ0v) is 9.79. The first-order chi connectivity index (χ1) is 7.19. The van der Waals surface area contributed by atoms with Crippen LogP contribution in [0.25, 0.3) is 5.57 Å². The lowest BCUT2D eigenvalue weighted by atomic mass is 10.2. The Morgan fingerprint density at radius 1 is 1.60 bits per heavy atom.